The molecule has 1 saturated heterocycles. The molecule has 17 heavy (non-hydrogen) atoms. The molecule has 1 atom stereocenters. The summed E-state index contributed by atoms with van der Waals surface area (Å²) >= 11 is 0. The fourth-order valence-corrected chi connectivity index (χ4v) is 3.79. The van der Waals surface area contributed by atoms with Crippen LogP contribution in [0, 0.1) is 17.3 Å². The van der Waals surface area contributed by atoms with E-state index in [2.05, 4.69) is 12.2 Å². The Bertz CT molecular complexity index is 254. The fourth-order valence-electron chi connectivity index (χ4n) is 3.79. The number of hydrogen-bond acceptors (Lipinski definition) is 1. The molecule has 2 aliphatic rings. The minimum Gasteiger partial charge on any atom is -0.316 e. The molecule has 1 spiro atoms. The van der Waals surface area contributed by atoms with E-state index in [1.807, 2.05) is 0 Å². The number of hydrogen-bond donors (Lipinski definition) is 1. The van der Waals surface area contributed by atoms with Gasteiger partial charge in [-0.1, -0.05) is 13.3 Å². The zero-order valence-corrected chi connectivity index (χ0v) is 10.4. The zero-order chi connectivity index (χ0) is 12.5. The van der Waals surface area contributed by atoms with Crippen LogP contribution in [-0.4, -0.2) is 19.3 Å². The molecule has 0 aromatic heterocycles. The van der Waals surface area contributed by atoms with E-state index in [9.17, 15) is 13.2 Å². The van der Waals surface area contributed by atoms with Crippen LogP contribution in [0.15, 0.2) is 0 Å². The molecule has 1 nitrogen and oxygen atoms in total. The number of piperidine rings is 1. The van der Waals surface area contributed by atoms with Gasteiger partial charge in [-0.05, 0) is 56.5 Å². The van der Waals surface area contributed by atoms with Crippen molar-refractivity contribution in [3.05, 3.63) is 0 Å². The van der Waals surface area contributed by atoms with Gasteiger partial charge in [-0.15, -0.1) is 0 Å². The lowest BCUT2D eigenvalue weighted by molar-refractivity contribution is -0.190. The Morgan fingerprint density at radius 3 is 2.35 bits per heavy atom. The van der Waals surface area contributed by atoms with E-state index in [1.54, 1.807) is 0 Å². The molecule has 0 amide bonds. The molecule has 2 fully saturated rings. The van der Waals surface area contributed by atoms with Gasteiger partial charge in [0.25, 0.3) is 0 Å². The molecular weight excluding hydrogens is 227 g/mol. The summed E-state index contributed by atoms with van der Waals surface area (Å²) in [5.41, 5.74) is 0.210. The average molecular weight is 249 g/mol. The third-order valence-electron chi connectivity index (χ3n) is 4.99. The molecule has 2 rings (SSSR count). The van der Waals surface area contributed by atoms with Crippen molar-refractivity contribution >= 4 is 0 Å². The Kier molecular flexibility index (Phi) is 3.71. The second-order valence-corrected chi connectivity index (χ2v) is 5.74. The van der Waals surface area contributed by atoms with Gasteiger partial charge in [-0.2, -0.15) is 13.2 Å². The van der Waals surface area contributed by atoms with Crippen LogP contribution in [0.2, 0.25) is 0 Å². The Hall–Kier alpha value is -0.250. The van der Waals surface area contributed by atoms with Crippen molar-refractivity contribution in [3.8, 4) is 0 Å². The highest BCUT2D eigenvalue weighted by molar-refractivity contribution is 4.95. The monoisotopic (exact) mass is 249 g/mol. The normalized spacial score (nSPS) is 39.5. The topological polar surface area (TPSA) is 12.0 Å². The molecule has 4 heteroatoms. The van der Waals surface area contributed by atoms with Crippen molar-refractivity contribution in [2.45, 2.75) is 51.6 Å². The first-order valence-electron chi connectivity index (χ1n) is 6.75. The average Bonchev–Trinajstić information content (AvgIpc) is 2.29. The first-order chi connectivity index (χ1) is 7.98. The molecule has 1 saturated carbocycles. The molecule has 1 heterocycles. The van der Waals surface area contributed by atoms with Crippen molar-refractivity contribution in [2.24, 2.45) is 17.3 Å². The second-order valence-electron chi connectivity index (χ2n) is 5.74. The number of alkyl halides is 3. The van der Waals surface area contributed by atoms with E-state index in [1.165, 1.54) is 0 Å². The maximum absolute atomic E-state index is 12.7. The van der Waals surface area contributed by atoms with Crippen molar-refractivity contribution in [1.29, 1.82) is 0 Å². The predicted molar refractivity (Wildman–Crippen MR) is 61.7 cm³/mol. The van der Waals surface area contributed by atoms with Crippen molar-refractivity contribution in [3.63, 3.8) is 0 Å². The van der Waals surface area contributed by atoms with Crippen LogP contribution in [0.4, 0.5) is 13.2 Å². The number of rotatable bonds is 1. The summed E-state index contributed by atoms with van der Waals surface area (Å²) in [6.07, 6.45) is 0.421. The molecule has 1 unspecified atom stereocenters. The summed E-state index contributed by atoms with van der Waals surface area (Å²) < 4.78 is 38.0. The first kappa shape index (κ1) is 13.2. The van der Waals surface area contributed by atoms with E-state index in [-0.39, 0.29) is 5.41 Å². The Balaban J connectivity index is 2.00. The van der Waals surface area contributed by atoms with E-state index < -0.39 is 12.1 Å². The minimum atomic E-state index is -3.98. The minimum absolute atomic E-state index is 0.210. The molecule has 1 N–H and O–H groups in total. The summed E-state index contributed by atoms with van der Waals surface area (Å²) in [6, 6.07) is 0. The van der Waals surface area contributed by atoms with Crippen LogP contribution in [-0.2, 0) is 0 Å². The lowest BCUT2D eigenvalue weighted by Gasteiger charge is -2.48. The largest absolute Gasteiger partial charge is 0.391 e. The van der Waals surface area contributed by atoms with E-state index in [4.69, 9.17) is 0 Å². The summed E-state index contributed by atoms with van der Waals surface area (Å²) in [7, 11) is 0. The third-order valence-corrected chi connectivity index (χ3v) is 4.99. The van der Waals surface area contributed by atoms with Crippen LogP contribution in [0.25, 0.3) is 0 Å². The van der Waals surface area contributed by atoms with Gasteiger partial charge in [-0.25, -0.2) is 0 Å². The Morgan fingerprint density at radius 2 is 1.82 bits per heavy atom. The third kappa shape index (κ3) is 2.61. The highest BCUT2D eigenvalue weighted by Crippen LogP contribution is 2.52. The molecule has 0 bridgehead atoms. The number of halogens is 3. The van der Waals surface area contributed by atoms with Crippen molar-refractivity contribution in [2.75, 3.05) is 13.1 Å². The van der Waals surface area contributed by atoms with Gasteiger partial charge in [0.15, 0.2) is 0 Å². The van der Waals surface area contributed by atoms with Crippen LogP contribution in [0.3, 0.4) is 0 Å². The molecule has 0 aromatic carbocycles. The lowest BCUT2D eigenvalue weighted by atomic mass is 9.60. The standard InChI is InChI=1S/C13H22F3N/c1-2-10-9-17-8-7-12(10)5-3-11(4-6-12)13(14,15)16/h10-11,17H,2-9H2,1H3. The van der Waals surface area contributed by atoms with Gasteiger partial charge < -0.3 is 5.32 Å². The Morgan fingerprint density at radius 1 is 1.18 bits per heavy atom. The van der Waals surface area contributed by atoms with Crippen LogP contribution in [0.1, 0.15) is 45.4 Å². The molecule has 0 radical (unpaired) electrons. The van der Waals surface area contributed by atoms with Crippen LogP contribution in [0.5, 0.6) is 0 Å². The molecule has 1 aliphatic carbocycles. The fraction of sp³-hybridized carbons (Fsp3) is 1.00. The van der Waals surface area contributed by atoms with E-state index in [0.717, 1.165) is 38.8 Å². The summed E-state index contributed by atoms with van der Waals surface area (Å²) in [5, 5.41) is 3.38. The highest BCUT2D eigenvalue weighted by Gasteiger charge is 2.48. The highest BCUT2D eigenvalue weighted by atomic mass is 19.4. The molecule has 100 valence electrons. The van der Waals surface area contributed by atoms with Crippen LogP contribution < -0.4 is 5.32 Å². The van der Waals surface area contributed by atoms with Gasteiger partial charge in [0, 0.05) is 0 Å². The smallest absolute Gasteiger partial charge is 0.316 e. The predicted octanol–water partition coefficient (Wildman–Crippen LogP) is 3.74. The second kappa shape index (κ2) is 4.79. The van der Waals surface area contributed by atoms with Gasteiger partial charge in [0.2, 0.25) is 0 Å². The first-order valence-corrected chi connectivity index (χ1v) is 6.75. The summed E-state index contributed by atoms with van der Waals surface area (Å²) in [6.45, 7) is 4.13. The Labute approximate surface area is 101 Å². The number of nitrogens with one attached hydrogen (secondary N) is 1. The van der Waals surface area contributed by atoms with Crippen molar-refractivity contribution < 1.29 is 13.2 Å². The maximum Gasteiger partial charge on any atom is 0.391 e. The van der Waals surface area contributed by atoms with E-state index in [0.29, 0.717) is 18.8 Å². The SMILES string of the molecule is CCC1CNCCC12CCC(C(F)(F)F)CC2. The van der Waals surface area contributed by atoms with Gasteiger partial charge in [-0.3, -0.25) is 0 Å². The molecule has 1 aliphatic heterocycles. The summed E-state index contributed by atoms with van der Waals surface area (Å²) in [4.78, 5) is 0. The molecular formula is C13H22F3N. The van der Waals surface area contributed by atoms with Gasteiger partial charge in [0.05, 0.1) is 5.92 Å². The zero-order valence-electron chi connectivity index (χ0n) is 10.4. The van der Waals surface area contributed by atoms with Crippen LogP contribution >= 0.6 is 0 Å². The van der Waals surface area contributed by atoms with Gasteiger partial charge in [0.1, 0.15) is 0 Å². The van der Waals surface area contributed by atoms with Crippen molar-refractivity contribution in [1.82, 2.24) is 5.32 Å². The van der Waals surface area contributed by atoms with Gasteiger partial charge >= 0.3 is 6.18 Å². The quantitative estimate of drug-likeness (QED) is 0.746. The van der Waals surface area contributed by atoms with E-state index >= 15 is 0 Å². The molecule has 0 aromatic rings. The summed E-state index contributed by atoms with van der Waals surface area (Å²) in [5.74, 6) is -0.467. The lowest BCUT2D eigenvalue weighted by Crippen LogP contribution is -2.47. The maximum atomic E-state index is 12.7.